The maximum atomic E-state index is 12.0. The molecule has 0 saturated carbocycles. The summed E-state index contributed by atoms with van der Waals surface area (Å²) in [4.78, 5) is 40.0. The number of carbonyl (C=O) groups excluding carboxylic acids is 2. The molecule has 1 aromatic heterocycles. The van der Waals surface area contributed by atoms with E-state index >= 15 is 0 Å². The Bertz CT molecular complexity index is 1030. The molecule has 3 rings (SSSR count). The van der Waals surface area contributed by atoms with Crippen molar-refractivity contribution in [1.82, 2.24) is 9.55 Å². The largest absolute Gasteiger partial charge is 0.454 e. The van der Waals surface area contributed by atoms with Crippen LogP contribution in [0.4, 0.5) is 5.69 Å². The van der Waals surface area contributed by atoms with Gasteiger partial charge in [0.2, 0.25) is 0 Å². The number of ether oxygens (including phenoxy) is 1. The molecule has 2 aromatic carbocycles. The number of hydrogen-bond acceptors (Lipinski definition) is 5. The van der Waals surface area contributed by atoms with Crippen LogP contribution in [0.3, 0.4) is 0 Å². The van der Waals surface area contributed by atoms with Gasteiger partial charge in [-0.2, -0.15) is 0 Å². The highest BCUT2D eigenvalue weighted by molar-refractivity contribution is 5.92. The third kappa shape index (κ3) is 4.13. The zero-order chi connectivity index (χ0) is 18.5. The second-order valence-electron chi connectivity index (χ2n) is 5.75. The molecule has 7 nitrogen and oxygen atoms in total. The topological polar surface area (TPSA) is 90.3 Å². The van der Waals surface area contributed by atoms with Crippen LogP contribution in [-0.4, -0.2) is 28.0 Å². The summed E-state index contributed by atoms with van der Waals surface area (Å²) in [6.45, 7) is 1.19. The number of hydrogen-bond donors (Lipinski definition) is 1. The number of benzene rings is 2. The normalized spacial score (nSPS) is 10.5. The summed E-state index contributed by atoms with van der Waals surface area (Å²) in [5.41, 5.74) is 2.34. The van der Waals surface area contributed by atoms with E-state index in [4.69, 9.17) is 4.74 Å². The van der Waals surface area contributed by atoms with Crippen molar-refractivity contribution in [3.05, 3.63) is 70.6 Å². The molecule has 1 amide bonds. The van der Waals surface area contributed by atoms with Crippen LogP contribution in [0.2, 0.25) is 0 Å². The lowest BCUT2D eigenvalue weighted by Gasteiger charge is -2.10. The SMILES string of the molecule is Cc1cccc(NC(=O)COC(=O)Cn2c(=O)cnc3ccccc32)c1. The Balaban J connectivity index is 1.62. The number of fused-ring (bicyclic) bond motifs is 1. The second kappa shape index (κ2) is 7.60. The van der Waals surface area contributed by atoms with Crippen molar-refractivity contribution in [1.29, 1.82) is 0 Å². The standard InChI is InChI=1S/C19H17N3O4/c1-13-5-4-6-14(9-13)21-17(23)12-26-19(25)11-22-16-8-3-2-7-15(16)20-10-18(22)24/h2-10H,11-12H2,1H3,(H,21,23). The van der Waals surface area contributed by atoms with Gasteiger partial charge >= 0.3 is 5.97 Å². The van der Waals surface area contributed by atoms with E-state index in [1.54, 1.807) is 30.3 Å². The Morgan fingerprint density at radius 3 is 2.77 bits per heavy atom. The third-order valence-electron chi connectivity index (χ3n) is 3.71. The molecule has 0 bridgehead atoms. The molecule has 0 radical (unpaired) electrons. The molecule has 0 aliphatic heterocycles. The summed E-state index contributed by atoms with van der Waals surface area (Å²) in [5, 5.41) is 2.65. The minimum absolute atomic E-state index is 0.292. The second-order valence-corrected chi connectivity index (χ2v) is 5.75. The van der Waals surface area contributed by atoms with E-state index in [0.717, 1.165) is 11.8 Å². The van der Waals surface area contributed by atoms with E-state index in [-0.39, 0.29) is 6.54 Å². The molecule has 0 spiro atoms. The van der Waals surface area contributed by atoms with Crippen molar-refractivity contribution < 1.29 is 14.3 Å². The van der Waals surface area contributed by atoms with E-state index < -0.39 is 24.0 Å². The molecule has 3 aromatic rings. The summed E-state index contributed by atoms with van der Waals surface area (Å²) in [6, 6.07) is 14.3. The summed E-state index contributed by atoms with van der Waals surface area (Å²) in [5.74, 6) is -1.13. The summed E-state index contributed by atoms with van der Waals surface area (Å²) < 4.78 is 6.25. The molecule has 0 aliphatic rings. The van der Waals surface area contributed by atoms with E-state index in [2.05, 4.69) is 10.3 Å². The van der Waals surface area contributed by atoms with Gasteiger partial charge < -0.3 is 10.1 Å². The highest BCUT2D eigenvalue weighted by Crippen LogP contribution is 2.10. The smallest absolute Gasteiger partial charge is 0.326 e. The van der Waals surface area contributed by atoms with Gasteiger partial charge in [0, 0.05) is 5.69 Å². The van der Waals surface area contributed by atoms with E-state index in [9.17, 15) is 14.4 Å². The van der Waals surface area contributed by atoms with Gasteiger partial charge in [-0.05, 0) is 36.8 Å². The number of nitrogens with zero attached hydrogens (tertiary/aromatic N) is 2. The molecule has 0 saturated heterocycles. The number of esters is 1. The van der Waals surface area contributed by atoms with Gasteiger partial charge in [-0.3, -0.25) is 19.0 Å². The quantitative estimate of drug-likeness (QED) is 0.709. The number of anilines is 1. The summed E-state index contributed by atoms with van der Waals surface area (Å²) in [7, 11) is 0. The van der Waals surface area contributed by atoms with E-state index in [1.807, 2.05) is 25.1 Å². The number of para-hydroxylation sites is 2. The van der Waals surface area contributed by atoms with Gasteiger partial charge in [0.1, 0.15) is 6.54 Å². The molecule has 7 heteroatoms. The molecule has 0 fully saturated rings. The summed E-state index contributed by atoms with van der Waals surface area (Å²) in [6.07, 6.45) is 1.15. The number of aromatic nitrogens is 2. The van der Waals surface area contributed by atoms with E-state index in [0.29, 0.717) is 16.7 Å². The van der Waals surface area contributed by atoms with Gasteiger partial charge in [0.05, 0.1) is 17.2 Å². The number of carbonyl (C=O) groups is 2. The van der Waals surface area contributed by atoms with Crippen LogP contribution in [0.1, 0.15) is 5.56 Å². The lowest BCUT2D eigenvalue weighted by atomic mass is 10.2. The van der Waals surface area contributed by atoms with Crippen molar-refractivity contribution >= 4 is 28.6 Å². The van der Waals surface area contributed by atoms with Crippen LogP contribution >= 0.6 is 0 Å². The van der Waals surface area contributed by atoms with Crippen LogP contribution in [0.5, 0.6) is 0 Å². The molecule has 1 heterocycles. The Morgan fingerprint density at radius 2 is 1.96 bits per heavy atom. The Hall–Kier alpha value is -3.48. The maximum absolute atomic E-state index is 12.0. The van der Waals surface area contributed by atoms with Crippen LogP contribution < -0.4 is 10.9 Å². The third-order valence-corrected chi connectivity index (χ3v) is 3.71. The lowest BCUT2D eigenvalue weighted by Crippen LogP contribution is -2.28. The minimum atomic E-state index is -0.678. The first-order valence-corrected chi connectivity index (χ1v) is 7.99. The average Bonchev–Trinajstić information content (AvgIpc) is 2.62. The van der Waals surface area contributed by atoms with Crippen molar-refractivity contribution in [2.45, 2.75) is 13.5 Å². The van der Waals surface area contributed by atoms with Crippen LogP contribution in [-0.2, 0) is 20.9 Å². The first-order valence-electron chi connectivity index (χ1n) is 7.99. The first kappa shape index (κ1) is 17.3. The highest BCUT2D eigenvalue weighted by atomic mass is 16.5. The van der Waals surface area contributed by atoms with Crippen LogP contribution in [0.25, 0.3) is 11.0 Å². The highest BCUT2D eigenvalue weighted by Gasteiger charge is 2.12. The van der Waals surface area contributed by atoms with Gasteiger partial charge in [0.15, 0.2) is 6.61 Å². The number of aryl methyl sites for hydroxylation is 1. The predicted molar refractivity (Wildman–Crippen MR) is 96.8 cm³/mol. The van der Waals surface area contributed by atoms with Crippen molar-refractivity contribution in [3.8, 4) is 0 Å². The van der Waals surface area contributed by atoms with Gasteiger partial charge in [-0.25, -0.2) is 4.98 Å². The molecule has 26 heavy (non-hydrogen) atoms. The molecule has 0 atom stereocenters. The average molecular weight is 351 g/mol. The molecular weight excluding hydrogens is 334 g/mol. The first-order chi connectivity index (χ1) is 12.5. The van der Waals surface area contributed by atoms with Crippen LogP contribution in [0, 0.1) is 6.92 Å². The minimum Gasteiger partial charge on any atom is -0.454 e. The van der Waals surface area contributed by atoms with Gasteiger partial charge in [-0.1, -0.05) is 24.3 Å². The zero-order valence-corrected chi connectivity index (χ0v) is 14.1. The zero-order valence-electron chi connectivity index (χ0n) is 14.1. The number of rotatable bonds is 5. The predicted octanol–water partition coefficient (Wildman–Crippen LogP) is 1.89. The fourth-order valence-electron chi connectivity index (χ4n) is 2.52. The van der Waals surface area contributed by atoms with Gasteiger partial charge in [0.25, 0.3) is 11.5 Å². The molecule has 0 aliphatic carbocycles. The van der Waals surface area contributed by atoms with Crippen molar-refractivity contribution in [2.75, 3.05) is 11.9 Å². The molecule has 132 valence electrons. The summed E-state index contributed by atoms with van der Waals surface area (Å²) >= 11 is 0. The molecule has 0 unspecified atom stereocenters. The number of amides is 1. The monoisotopic (exact) mass is 351 g/mol. The van der Waals surface area contributed by atoms with Gasteiger partial charge in [-0.15, -0.1) is 0 Å². The van der Waals surface area contributed by atoms with Crippen molar-refractivity contribution in [2.24, 2.45) is 0 Å². The molecule has 1 N–H and O–H groups in total. The Kier molecular flexibility index (Phi) is 5.07. The maximum Gasteiger partial charge on any atom is 0.326 e. The molecular formula is C19H17N3O4. The number of nitrogens with one attached hydrogen (secondary N) is 1. The fraction of sp³-hybridized carbons (Fsp3) is 0.158. The van der Waals surface area contributed by atoms with Crippen molar-refractivity contribution in [3.63, 3.8) is 0 Å². The lowest BCUT2D eigenvalue weighted by molar-refractivity contribution is -0.147. The van der Waals surface area contributed by atoms with E-state index in [1.165, 1.54) is 4.57 Å². The Labute approximate surface area is 149 Å². The van der Waals surface area contributed by atoms with Crippen LogP contribution in [0.15, 0.2) is 59.5 Å². The Morgan fingerprint density at radius 1 is 1.15 bits per heavy atom. The fourth-order valence-corrected chi connectivity index (χ4v) is 2.52.